The number of aryl methyl sites for hydroxylation is 1. The van der Waals surface area contributed by atoms with E-state index in [1.807, 2.05) is 23.1 Å². The Bertz CT molecular complexity index is 886. The second-order valence-electron chi connectivity index (χ2n) is 7.09. The Morgan fingerprint density at radius 1 is 1.39 bits per heavy atom. The van der Waals surface area contributed by atoms with Crippen molar-refractivity contribution in [3.8, 4) is 0 Å². The second-order valence-corrected chi connectivity index (χ2v) is 7.49. The number of hydrogen-bond acceptors (Lipinski definition) is 7. The van der Waals surface area contributed by atoms with Crippen LogP contribution in [0.2, 0.25) is 5.02 Å². The average molecular weight is 407 g/mol. The van der Waals surface area contributed by atoms with Gasteiger partial charge in [0.15, 0.2) is 0 Å². The number of hydrogen-bond donors (Lipinski definition) is 1. The van der Waals surface area contributed by atoms with Crippen LogP contribution in [-0.4, -0.2) is 46.7 Å². The lowest BCUT2D eigenvalue weighted by Gasteiger charge is -2.33. The number of halogens is 1. The van der Waals surface area contributed by atoms with E-state index < -0.39 is 17.4 Å². The van der Waals surface area contributed by atoms with E-state index in [0.29, 0.717) is 23.2 Å². The summed E-state index contributed by atoms with van der Waals surface area (Å²) >= 11 is 6.41. The standard InChI is InChI=1S/C19H23ClN4O4/c1-11-22-23-15(28-11)10-21-17(25)13-9-19(2,18(26)27-4)24(3)16(13)12-7-5-6-8-14(12)20/h5-8,13,16H,9-10H2,1-4H3,(H,21,25)/t13-,16-,19-/m0/s1. The van der Waals surface area contributed by atoms with E-state index in [0.717, 1.165) is 5.56 Å². The van der Waals surface area contributed by atoms with Crippen LogP contribution in [0.5, 0.6) is 0 Å². The van der Waals surface area contributed by atoms with Crippen molar-refractivity contribution in [2.24, 2.45) is 5.92 Å². The molecule has 0 bridgehead atoms. The predicted molar refractivity (Wildman–Crippen MR) is 101 cm³/mol. The molecule has 3 rings (SSSR count). The first kappa shape index (κ1) is 20.3. The molecule has 0 aliphatic carbocycles. The largest absolute Gasteiger partial charge is 0.468 e. The molecule has 1 amide bonds. The summed E-state index contributed by atoms with van der Waals surface area (Å²) in [6, 6.07) is 6.94. The first-order valence-corrected chi connectivity index (χ1v) is 9.28. The normalized spacial score (nSPS) is 24.9. The number of likely N-dealkylation sites (N-methyl/N-ethyl adjacent to an activating group) is 1. The number of likely N-dealkylation sites (tertiary alicyclic amines) is 1. The van der Waals surface area contributed by atoms with E-state index >= 15 is 0 Å². The number of rotatable bonds is 5. The van der Waals surface area contributed by atoms with Crippen molar-refractivity contribution < 1.29 is 18.7 Å². The van der Waals surface area contributed by atoms with E-state index in [1.54, 1.807) is 27.0 Å². The van der Waals surface area contributed by atoms with Crippen molar-refractivity contribution in [3.63, 3.8) is 0 Å². The van der Waals surface area contributed by atoms with Gasteiger partial charge in [-0.3, -0.25) is 14.5 Å². The molecule has 2 aromatic rings. The Hall–Kier alpha value is -2.45. The molecule has 2 heterocycles. The number of carbonyl (C=O) groups is 2. The molecule has 1 aromatic carbocycles. The van der Waals surface area contributed by atoms with Gasteiger partial charge < -0.3 is 14.5 Å². The van der Waals surface area contributed by atoms with E-state index in [2.05, 4.69) is 15.5 Å². The molecule has 1 aromatic heterocycles. The Labute approximate surface area is 168 Å². The third-order valence-electron chi connectivity index (χ3n) is 5.36. The summed E-state index contributed by atoms with van der Waals surface area (Å²) in [6.07, 6.45) is 0.292. The maximum absolute atomic E-state index is 13.0. The summed E-state index contributed by atoms with van der Waals surface area (Å²) in [6.45, 7) is 3.57. The third-order valence-corrected chi connectivity index (χ3v) is 5.71. The van der Waals surface area contributed by atoms with Crippen LogP contribution in [0, 0.1) is 12.8 Å². The summed E-state index contributed by atoms with van der Waals surface area (Å²) < 4.78 is 10.3. The number of nitrogens with zero attached hydrogens (tertiary/aromatic N) is 3. The SMILES string of the molecule is COC(=O)[C@]1(C)C[C@H](C(=O)NCc2nnc(C)o2)[C@H](c2ccccc2Cl)N1C. The summed E-state index contributed by atoms with van der Waals surface area (Å²) in [7, 11) is 3.15. The summed E-state index contributed by atoms with van der Waals surface area (Å²) in [4.78, 5) is 27.4. The van der Waals surface area contributed by atoms with Crippen LogP contribution in [0.1, 0.15) is 36.7 Å². The topological polar surface area (TPSA) is 97.6 Å². The summed E-state index contributed by atoms with van der Waals surface area (Å²) in [5.41, 5.74) is -0.171. The fourth-order valence-corrected chi connectivity index (χ4v) is 4.03. The van der Waals surface area contributed by atoms with Crippen molar-refractivity contribution in [1.29, 1.82) is 0 Å². The van der Waals surface area contributed by atoms with Gasteiger partial charge >= 0.3 is 5.97 Å². The lowest BCUT2D eigenvalue weighted by Crippen LogP contribution is -2.47. The van der Waals surface area contributed by atoms with Gasteiger partial charge in [0.1, 0.15) is 5.54 Å². The minimum Gasteiger partial charge on any atom is -0.468 e. The first-order chi connectivity index (χ1) is 13.3. The summed E-state index contributed by atoms with van der Waals surface area (Å²) in [5.74, 6) is -0.382. The fraction of sp³-hybridized carbons (Fsp3) is 0.474. The molecular formula is C19H23ClN4O4. The lowest BCUT2D eigenvalue weighted by atomic mass is 9.89. The monoisotopic (exact) mass is 406 g/mol. The Morgan fingerprint density at radius 3 is 2.71 bits per heavy atom. The molecule has 0 radical (unpaired) electrons. The highest BCUT2D eigenvalue weighted by atomic mass is 35.5. The molecule has 1 aliphatic rings. The van der Waals surface area contributed by atoms with Crippen LogP contribution < -0.4 is 5.32 Å². The Kier molecular flexibility index (Phi) is 5.71. The third kappa shape index (κ3) is 3.62. The highest BCUT2D eigenvalue weighted by molar-refractivity contribution is 6.31. The average Bonchev–Trinajstić information content (AvgIpc) is 3.21. The number of carbonyl (C=O) groups excluding carboxylic acids is 2. The zero-order valence-electron chi connectivity index (χ0n) is 16.2. The van der Waals surface area contributed by atoms with Gasteiger partial charge in [-0.1, -0.05) is 29.8 Å². The van der Waals surface area contributed by atoms with Gasteiger partial charge in [-0.25, -0.2) is 0 Å². The van der Waals surface area contributed by atoms with Gasteiger partial charge in [0, 0.05) is 18.0 Å². The van der Waals surface area contributed by atoms with Gasteiger partial charge in [0.2, 0.25) is 17.7 Å². The van der Waals surface area contributed by atoms with Gasteiger partial charge in [0.05, 0.1) is 19.6 Å². The molecule has 150 valence electrons. The van der Waals surface area contributed by atoms with Gasteiger partial charge in [-0.15, -0.1) is 10.2 Å². The smallest absolute Gasteiger partial charge is 0.326 e. The number of methoxy groups -OCH3 is 1. The molecule has 3 atom stereocenters. The zero-order valence-corrected chi connectivity index (χ0v) is 17.0. The highest BCUT2D eigenvalue weighted by Crippen LogP contribution is 2.47. The number of aromatic nitrogens is 2. The van der Waals surface area contributed by atoms with Gasteiger partial charge in [-0.05, 0) is 32.0 Å². The quantitative estimate of drug-likeness (QED) is 0.760. The number of esters is 1. The second kappa shape index (κ2) is 7.89. The van der Waals surface area contributed by atoms with Crippen LogP contribution in [0.4, 0.5) is 0 Å². The van der Waals surface area contributed by atoms with Crippen molar-refractivity contribution in [3.05, 3.63) is 46.6 Å². The molecule has 8 nitrogen and oxygen atoms in total. The molecule has 0 unspecified atom stereocenters. The number of amides is 1. The van der Waals surface area contributed by atoms with E-state index in [9.17, 15) is 9.59 Å². The molecular weight excluding hydrogens is 384 g/mol. The van der Waals surface area contributed by atoms with E-state index in [1.165, 1.54) is 7.11 Å². The first-order valence-electron chi connectivity index (χ1n) is 8.90. The van der Waals surface area contributed by atoms with E-state index in [4.69, 9.17) is 20.8 Å². The molecule has 1 aliphatic heterocycles. The minimum atomic E-state index is -0.957. The molecule has 1 saturated heterocycles. The minimum absolute atomic E-state index is 0.115. The number of ether oxygens (including phenoxy) is 1. The molecule has 9 heteroatoms. The summed E-state index contributed by atoms with van der Waals surface area (Å²) in [5, 5.41) is 11.0. The molecule has 0 saturated carbocycles. The van der Waals surface area contributed by atoms with Crippen LogP contribution >= 0.6 is 11.6 Å². The zero-order chi connectivity index (χ0) is 20.5. The predicted octanol–water partition coefficient (Wildman–Crippen LogP) is 2.27. The molecule has 1 N–H and O–H groups in total. The maximum atomic E-state index is 13.0. The van der Waals surface area contributed by atoms with Crippen molar-refractivity contribution in [1.82, 2.24) is 20.4 Å². The van der Waals surface area contributed by atoms with Gasteiger partial charge in [-0.2, -0.15) is 0 Å². The molecule has 1 fully saturated rings. The van der Waals surface area contributed by atoms with Crippen LogP contribution in [0.3, 0.4) is 0 Å². The van der Waals surface area contributed by atoms with Crippen LogP contribution in [0.15, 0.2) is 28.7 Å². The fourth-order valence-electron chi connectivity index (χ4n) is 3.79. The Morgan fingerprint density at radius 2 is 2.11 bits per heavy atom. The molecule has 0 spiro atoms. The van der Waals surface area contributed by atoms with Crippen molar-refractivity contribution in [2.75, 3.05) is 14.2 Å². The van der Waals surface area contributed by atoms with Crippen molar-refractivity contribution >= 4 is 23.5 Å². The maximum Gasteiger partial charge on any atom is 0.326 e. The Balaban J connectivity index is 1.90. The number of nitrogens with one attached hydrogen (secondary N) is 1. The number of benzene rings is 1. The van der Waals surface area contributed by atoms with Crippen LogP contribution in [0.25, 0.3) is 0 Å². The molecule has 28 heavy (non-hydrogen) atoms. The van der Waals surface area contributed by atoms with Gasteiger partial charge in [0.25, 0.3) is 0 Å². The van der Waals surface area contributed by atoms with Crippen molar-refractivity contribution in [2.45, 2.75) is 38.4 Å². The lowest BCUT2D eigenvalue weighted by molar-refractivity contribution is -0.152. The van der Waals surface area contributed by atoms with E-state index in [-0.39, 0.29) is 18.5 Å². The van der Waals surface area contributed by atoms with Crippen LogP contribution in [-0.2, 0) is 20.9 Å². The highest BCUT2D eigenvalue weighted by Gasteiger charge is 2.55.